The number of hydrazine groups is 1. The van der Waals surface area contributed by atoms with Crippen LogP contribution in [0.15, 0.2) is 0 Å². The molecule has 0 rings (SSSR count). The largest absolute Gasteiger partial charge is 0.297 e. The van der Waals surface area contributed by atoms with Crippen LogP contribution in [0.1, 0.15) is 60.3 Å². The van der Waals surface area contributed by atoms with Crippen LogP contribution in [-0.4, -0.2) is 49.5 Å². The Hall–Kier alpha value is -0.170. The van der Waals surface area contributed by atoms with Gasteiger partial charge in [0, 0.05) is 17.3 Å². The number of rotatable bonds is 12. The summed E-state index contributed by atoms with van der Waals surface area (Å²) in [5, 5.41) is 0. The van der Waals surface area contributed by atoms with Crippen molar-refractivity contribution in [2.45, 2.75) is 71.9 Å². The maximum Gasteiger partial charge on any atom is 0.150 e. The van der Waals surface area contributed by atoms with Crippen LogP contribution in [0.4, 0.5) is 0 Å². The number of hydrogen-bond acceptors (Lipinski definition) is 5. The predicted molar refractivity (Wildman–Crippen MR) is 90.9 cm³/mol. The molecule has 0 fully saturated rings. The lowest BCUT2D eigenvalue weighted by Crippen LogP contribution is -2.62. The Bertz CT molecular complexity index is 363. The normalized spacial score (nSPS) is 14.6. The maximum absolute atomic E-state index is 11.6. The number of likely N-dealkylation sites (N-methyl/N-ethyl adjacent to an activating group) is 1. The van der Waals surface area contributed by atoms with Gasteiger partial charge in [0.2, 0.25) is 0 Å². The van der Waals surface area contributed by atoms with Crippen molar-refractivity contribution in [1.82, 2.24) is 10.3 Å². The van der Waals surface area contributed by atoms with Gasteiger partial charge >= 0.3 is 0 Å². The van der Waals surface area contributed by atoms with Gasteiger partial charge in [-0.1, -0.05) is 34.6 Å². The van der Waals surface area contributed by atoms with E-state index < -0.39 is 9.84 Å². The van der Waals surface area contributed by atoms with E-state index in [9.17, 15) is 8.42 Å². The molecule has 0 aromatic rings. The summed E-state index contributed by atoms with van der Waals surface area (Å²) in [6, 6.07) is 0.111. The monoisotopic (exact) mass is 321 g/mol. The Labute approximate surface area is 131 Å². The van der Waals surface area contributed by atoms with Crippen molar-refractivity contribution >= 4 is 9.84 Å². The molecule has 0 aromatic carbocycles. The van der Waals surface area contributed by atoms with Crippen molar-refractivity contribution in [2.75, 3.05) is 24.6 Å². The second-order valence-corrected chi connectivity index (χ2v) is 8.05. The summed E-state index contributed by atoms with van der Waals surface area (Å²) in [5.74, 6) is 6.29. The van der Waals surface area contributed by atoms with Gasteiger partial charge in [-0.05, 0) is 38.8 Å². The first kappa shape index (κ1) is 20.8. The van der Waals surface area contributed by atoms with Crippen molar-refractivity contribution in [1.29, 1.82) is 0 Å². The third-order valence-corrected chi connectivity index (χ3v) is 6.65. The van der Waals surface area contributed by atoms with Crippen LogP contribution in [0.3, 0.4) is 0 Å². The number of nitrogens with two attached hydrogens (primary N) is 1. The zero-order valence-corrected chi connectivity index (χ0v) is 15.3. The molecule has 0 amide bonds. The molecule has 128 valence electrons. The molecule has 0 radical (unpaired) electrons. The molecule has 0 aliphatic heterocycles. The summed E-state index contributed by atoms with van der Waals surface area (Å²) in [5.41, 5.74) is 2.96. The zero-order valence-electron chi connectivity index (χ0n) is 14.5. The summed E-state index contributed by atoms with van der Waals surface area (Å²) in [7, 11) is -2.90. The zero-order chi connectivity index (χ0) is 16.5. The number of sulfone groups is 1. The summed E-state index contributed by atoms with van der Waals surface area (Å²) in [4.78, 5) is 2.45. The number of hydrogen-bond donors (Lipinski definition) is 2. The van der Waals surface area contributed by atoms with Gasteiger partial charge in [-0.15, -0.1) is 0 Å². The number of nitrogens with one attached hydrogen (secondary N) is 1. The van der Waals surface area contributed by atoms with Gasteiger partial charge in [-0.3, -0.25) is 16.2 Å². The smallest absolute Gasteiger partial charge is 0.150 e. The first-order chi connectivity index (χ1) is 9.87. The van der Waals surface area contributed by atoms with Gasteiger partial charge in [-0.2, -0.15) is 0 Å². The molecule has 1 atom stereocenters. The van der Waals surface area contributed by atoms with Crippen molar-refractivity contribution < 1.29 is 8.42 Å². The third-order valence-electron chi connectivity index (χ3n) is 4.86. The van der Waals surface area contributed by atoms with E-state index in [-0.39, 0.29) is 23.1 Å². The summed E-state index contributed by atoms with van der Waals surface area (Å²) < 4.78 is 23.3. The van der Waals surface area contributed by atoms with E-state index >= 15 is 0 Å². The molecule has 6 heteroatoms. The molecular formula is C15H35N3O2S. The molecular weight excluding hydrogens is 286 g/mol. The van der Waals surface area contributed by atoms with Crippen LogP contribution in [0, 0.1) is 0 Å². The van der Waals surface area contributed by atoms with Crippen molar-refractivity contribution in [3.8, 4) is 0 Å². The van der Waals surface area contributed by atoms with Gasteiger partial charge < -0.3 is 0 Å². The lowest BCUT2D eigenvalue weighted by molar-refractivity contribution is 0.0459. The predicted octanol–water partition coefficient (Wildman–Crippen LogP) is 1.93. The average molecular weight is 322 g/mol. The highest BCUT2D eigenvalue weighted by atomic mass is 32.2. The quantitative estimate of drug-likeness (QED) is 0.424. The SMILES string of the molecule is CCN(CC)C(CC)(CC)C(CCCS(=O)(=O)CC)NN. The summed E-state index contributed by atoms with van der Waals surface area (Å²) >= 11 is 0. The van der Waals surface area contributed by atoms with E-state index in [0.717, 1.165) is 32.4 Å². The van der Waals surface area contributed by atoms with E-state index in [1.165, 1.54) is 0 Å². The first-order valence-corrected chi connectivity index (χ1v) is 10.1. The Morgan fingerprint density at radius 2 is 1.62 bits per heavy atom. The highest BCUT2D eigenvalue weighted by Gasteiger charge is 2.39. The van der Waals surface area contributed by atoms with E-state index in [1.807, 2.05) is 0 Å². The maximum atomic E-state index is 11.6. The topological polar surface area (TPSA) is 75.4 Å². The highest BCUT2D eigenvalue weighted by Crippen LogP contribution is 2.30. The van der Waals surface area contributed by atoms with Crippen LogP contribution < -0.4 is 11.3 Å². The summed E-state index contributed by atoms with van der Waals surface area (Å²) in [6.45, 7) is 12.4. The standard InChI is InChI=1S/C15H35N3O2S/c1-6-15(7-2,18(8-3)9-4)14(17-16)12-11-13-21(19,20)10-5/h14,17H,6-13,16H2,1-5H3. The average Bonchev–Trinajstić information content (AvgIpc) is 2.50. The lowest BCUT2D eigenvalue weighted by atomic mass is 9.80. The Kier molecular flexibility index (Phi) is 9.69. The number of nitrogens with zero attached hydrogens (tertiary/aromatic N) is 1. The van der Waals surface area contributed by atoms with Gasteiger partial charge in [0.25, 0.3) is 0 Å². The lowest BCUT2D eigenvalue weighted by Gasteiger charge is -2.48. The highest BCUT2D eigenvalue weighted by molar-refractivity contribution is 7.91. The van der Waals surface area contributed by atoms with E-state index in [0.29, 0.717) is 6.42 Å². The van der Waals surface area contributed by atoms with E-state index in [2.05, 4.69) is 38.0 Å². The van der Waals surface area contributed by atoms with Crippen molar-refractivity contribution in [2.24, 2.45) is 5.84 Å². The van der Waals surface area contributed by atoms with Crippen LogP contribution in [0.5, 0.6) is 0 Å². The third kappa shape index (κ3) is 5.51. The first-order valence-electron chi connectivity index (χ1n) is 8.28. The van der Waals surface area contributed by atoms with Crippen LogP contribution in [0.2, 0.25) is 0 Å². The molecule has 0 aromatic heterocycles. The van der Waals surface area contributed by atoms with E-state index in [4.69, 9.17) is 5.84 Å². The van der Waals surface area contributed by atoms with Gasteiger partial charge in [0.15, 0.2) is 0 Å². The summed E-state index contributed by atoms with van der Waals surface area (Å²) in [6.07, 6.45) is 3.45. The molecule has 0 aliphatic rings. The minimum Gasteiger partial charge on any atom is -0.297 e. The Balaban J connectivity index is 5.00. The second-order valence-electron chi connectivity index (χ2n) is 5.58. The fraction of sp³-hybridized carbons (Fsp3) is 1.00. The van der Waals surface area contributed by atoms with Crippen molar-refractivity contribution in [3.63, 3.8) is 0 Å². The van der Waals surface area contributed by atoms with Gasteiger partial charge in [0.1, 0.15) is 9.84 Å². The minimum absolute atomic E-state index is 0.00573. The van der Waals surface area contributed by atoms with Crippen LogP contribution >= 0.6 is 0 Å². The van der Waals surface area contributed by atoms with Gasteiger partial charge in [-0.25, -0.2) is 8.42 Å². The van der Waals surface area contributed by atoms with Crippen molar-refractivity contribution in [3.05, 3.63) is 0 Å². The molecule has 0 spiro atoms. The van der Waals surface area contributed by atoms with Crippen LogP contribution in [-0.2, 0) is 9.84 Å². The molecule has 0 bridgehead atoms. The molecule has 3 N–H and O–H groups in total. The van der Waals surface area contributed by atoms with E-state index in [1.54, 1.807) is 6.92 Å². The molecule has 1 unspecified atom stereocenters. The molecule has 21 heavy (non-hydrogen) atoms. The fourth-order valence-electron chi connectivity index (χ4n) is 3.42. The molecule has 5 nitrogen and oxygen atoms in total. The molecule has 0 aliphatic carbocycles. The molecule has 0 saturated heterocycles. The Morgan fingerprint density at radius 3 is 1.95 bits per heavy atom. The molecule has 0 saturated carbocycles. The Morgan fingerprint density at radius 1 is 1.10 bits per heavy atom. The minimum atomic E-state index is -2.90. The second kappa shape index (κ2) is 9.77. The fourth-order valence-corrected chi connectivity index (χ4v) is 4.32. The van der Waals surface area contributed by atoms with Gasteiger partial charge in [0.05, 0.1) is 5.75 Å². The molecule has 0 heterocycles. The van der Waals surface area contributed by atoms with Crippen LogP contribution in [0.25, 0.3) is 0 Å².